The molecular weight excluding hydrogens is 464 g/mol. The number of thioether (sulfide) groups is 1. The van der Waals surface area contributed by atoms with Gasteiger partial charge >= 0.3 is 0 Å². The lowest BCUT2D eigenvalue weighted by atomic mass is 10.2. The van der Waals surface area contributed by atoms with Crippen LogP contribution < -0.4 is 5.56 Å². The number of hydrogen-bond donors (Lipinski definition) is 0. The lowest BCUT2D eigenvalue weighted by Crippen LogP contribution is -2.36. The SMILES string of the molecule is CCN(Cc1ccccc1)C(=O)[C@H](C)Sc1nc2sc(C)c(C)c2c(=O)n1Cc1ccccn1. The van der Waals surface area contributed by atoms with Gasteiger partial charge in [0.2, 0.25) is 5.91 Å². The standard InChI is InChI=1S/C26H28N4O2S2/c1-5-29(15-20-11-7-6-8-12-20)24(31)19(4)34-26-28-23-22(17(2)18(3)33-23)25(32)30(26)16-21-13-9-10-14-27-21/h6-14,19H,5,15-16H2,1-4H3/t19-/m0/s1. The first kappa shape index (κ1) is 24.2. The van der Waals surface area contributed by atoms with Crippen LogP contribution in [-0.4, -0.2) is 37.1 Å². The van der Waals surface area contributed by atoms with E-state index in [9.17, 15) is 9.59 Å². The quantitative estimate of drug-likeness (QED) is 0.254. The molecule has 6 nitrogen and oxygen atoms in total. The smallest absolute Gasteiger partial charge is 0.263 e. The molecule has 1 amide bonds. The van der Waals surface area contributed by atoms with Crippen LogP contribution >= 0.6 is 23.1 Å². The molecule has 34 heavy (non-hydrogen) atoms. The summed E-state index contributed by atoms with van der Waals surface area (Å²) in [6.45, 7) is 9.30. The van der Waals surface area contributed by atoms with Gasteiger partial charge in [-0.05, 0) is 51.0 Å². The fourth-order valence-electron chi connectivity index (χ4n) is 3.81. The van der Waals surface area contributed by atoms with E-state index >= 15 is 0 Å². The number of hydrogen-bond acceptors (Lipinski definition) is 6. The largest absolute Gasteiger partial charge is 0.338 e. The van der Waals surface area contributed by atoms with Crippen molar-refractivity contribution in [1.82, 2.24) is 19.4 Å². The van der Waals surface area contributed by atoms with Crippen LogP contribution in [0.2, 0.25) is 0 Å². The van der Waals surface area contributed by atoms with Crippen LogP contribution in [0.25, 0.3) is 10.2 Å². The molecule has 0 bridgehead atoms. The third-order valence-electron chi connectivity index (χ3n) is 5.84. The summed E-state index contributed by atoms with van der Waals surface area (Å²) in [7, 11) is 0. The van der Waals surface area contributed by atoms with Gasteiger partial charge in [0.05, 0.1) is 22.9 Å². The first-order valence-electron chi connectivity index (χ1n) is 11.3. The van der Waals surface area contributed by atoms with Crippen molar-refractivity contribution >= 4 is 39.2 Å². The first-order chi connectivity index (χ1) is 16.4. The fraction of sp³-hybridized carbons (Fsp3) is 0.308. The summed E-state index contributed by atoms with van der Waals surface area (Å²) in [5, 5.41) is 0.798. The van der Waals surface area contributed by atoms with Gasteiger partial charge in [-0.15, -0.1) is 11.3 Å². The molecule has 1 atom stereocenters. The Morgan fingerprint density at radius 1 is 1.15 bits per heavy atom. The monoisotopic (exact) mass is 492 g/mol. The third kappa shape index (κ3) is 5.08. The molecule has 176 valence electrons. The molecule has 0 unspecified atom stereocenters. The van der Waals surface area contributed by atoms with Crippen LogP contribution in [-0.2, 0) is 17.9 Å². The van der Waals surface area contributed by atoms with Gasteiger partial charge in [-0.3, -0.25) is 19.1 Å². The van der Waals surface area contributed by atoms with Crippen molar-refractivity contribution in [1.29, 1.82) is 0 Å². The number of nitrogens with zero attached hydrogens (tertiary/aromatic N) is 4. The zero-order valence-corrected chi connectivity index (χ0v) is 21.4. The average molecular weight is 493 g/mol. The minimum atomic E-state index is -0.398. The Hall–Kier alpha value is -2.97. The second-order valence-corrected chi connectivity index (χ2v) is 10.7. The van der Waals surface area contributed by atoms with E-state index in [1.165, 1.54) is 23.1 Å². The zero-order chi connectivity index (χ0) is 24.2. The summed E-state index contributed by atoms with van der Waals surface area (Å²) in [5.41, 5.74) is 2.74. The summed E-state index contributed by atoms with van der Waals surface area (Å²) in [5.74, 6) is 0.0219. The summed E-state index contributed by atoms with van der Waals surface area (Å²) in [6, 6.07) is 15.6. The van der Waals surface area contributed by atoms with E-state index in [-0.39, 0.29) is 11.5 Å². The van der Waals surface area contributed by atoms with Crippen molar-refractivity contribution in [3.8, 4) is 0 Å². The van der Waals surface area contributed by atoms with Gasteiger partial charge in [0.25, 0.3) is 5.56 Å². The lowest BCUT2D eigenvalue weighted by molar-refractivity contribution is -0.130. The first-order valence-corrected chi connectivity index (χ1v) is 13.0. The minimum Gasteiger partial charge on any atom is -0.338 e. The molecule has 0 saturated heterocycles. The van der Waals surface area contributed by atoms with E-state index in [2.05, 4.69) is 4.98 Å². The normalized spacial score (nSPS) is 12.1. The van der Waals surface area contributed by atoms with E-state index in [1.54, 1.807) is 10.8 Å². The molecule has 0 N–H and O–H groups in total. The van der Waals surface area contributed by atoms with Gasteiger partial charge in [0.1, 0.15) is 4.83 Å². The van der Waals surface area contributed by atoms with Crippen molar-refractivity contribution < 1.29 is 4.79 Å². The summed E-state index contributed by atoms with van der Waals surface area (Å²) in [4.78, 5) is 39.8. The van der Waals surface area contributed by atoms with E-state index in [0.717, 1.165) is 26.5 Å². The molecule has 0 saturated carbocycles. The number of pyridine rings is 1. The van der Waals surface area contributed by atoms with Crippen LogP contribution in [0.3, 0.4) is 0 Å². The number of benzene rings is 1. The summed E-state index contributed by atoms with van der Waals surface area (Å²) in [6.07, 6.45) is 1.72. The molecule has 0 spiro atoms. The maximum atomic E-state index is 13.6. The molecule has 4 aromatic rings. The number of fused-ring (bicyclic) bond motifs is 1. The van der Waals surface area contributed by atoms with Gasteiger partial charge < -0.3 is 4.90 Å². The van der Waals surface area contributed by atoms with Gasteiger partial charge in [-0.2, -0.15) is 0 Å². The van der Waals surface area contributed by atoms with E-state index < -0.39 is 5.25 Å². The Bertz CT molecular complexity index is 1350. The highest BCUT2D eigenvalue weighted by molar-refractivity contribution is 8.00. The summed E-state index contributed by atoms with van der Waals surface area (Å²) >= 11 is 2.86. The molecule has 8 heteroatoms. The van der Waals surface area contributed by atoms with Crippen molar-refractivity contribution in [3.05, 3.63) is 86.8 Å². The number of aromatic nitrogens is 3. The van der Waals surface area contributed by atoms with Crippen molar-refractivity contribution in [2.45, 2.75) is 51.2 Å². The molecule has 0 aliphatic carbocycles. The average Bonchev–Trinajstić information content (AvgIpc) is 3.13. The number of carbonyl (C=O) groups is 1. The molecule has 0 fully saturated rings. The topological polar surface area (TPSA) is 68.1 Å². The molecule has 3 aromatic heterocycles. The Morgan fingerprint density at radius 3 is 2.56 bits per heavy atom. The molecule has 4 rings (SSSR count). The number of thiophene rings is 1. The highest BCUT2D eigenvalue weighted by Gasteiger charge is 2.25. The van der Waals surface area contributed by atoms with Gasteiger partial charge in [-0.25, -0.2) is 4.98 Å². The van der Waals surface area contributed by atoms with E-state index in [0.29, 0.717) is 30.2 Å². The Labute approximate surface area is 207 Å². The molecule has 0 radical (unpaired) electrons. The Balaban J connectivity index is 1.67. The van der Waals surface area contributed by atoms with Gasteiger partial charge in [0, 0.05) is 24.2 Å². The van der Waals surface area contributed by atoms with Crippen molar-refractivity contribution in [3.63, 3.8) is 0 Å². The molecule has 0 aliphatic heterocycles. The van der Waals surface area contributed by atoms with Crippen LogP contribution in [0.5, 0.6) is 0 Å². The minimum absolute atomic E-state index is 0.0219. The second-order valence-electron chi connectivity index (χ2n) is 8.17. The van der Waals surface area contributed by atoms with Crippen LogP contribution in [0.1, 0.15) is 35.5 Å². The molecular formula is C26H28N4O2S2. The zero-order valence-electron chi connectivity index (χ0n) is 19.8. The fourth-order valence-corrected chi connectivity index (χ4v) is 5.87. The summed E-state index contributed by atoms with van der Waals surface area (Å²) < 4.78 is 1.66. The van der Waals surface area contributed by atoms with Crippen LogP contribution in [0.15, 0.2) is 64.7 Å². The highest BCUT2D eigenvalue weighted by Crippen LogP contribution is 2.30. The number of rotatable bonds is 8. The van der Waals surface area contributed by atoms with Crippen molar-refractivity contribution in [2.75, 3.05) is 6.54 Å². The second kappa shape index (κ2) is 10.5. The maximum absolute atomic E-state index is 13.6. The van der Waals surface area contributed by atoms with Gasteiger partial charge in [-0.1, -0.05) is 48.2 Å². The predicted octanol–water partition coefficient (Wildman–Crippen LogP) is 5.05. The van der Waals surface area contributed by atoms with E-state index in [4.69, 9.17) is 4.98 Å². The number of carbonyl (C=O) groups excluding carboxylic acids is 1. The number of aryl methyl sites for hydroxylation is 2. The predicted molar refractivity (Wildman–Crippen MR) is 140 cm³/mol. The maximum Gasteiger partial charge on any atom is 0.263 e. The molecule has 0 aliphatic rings. The third-order valence-corrected chi connectivity index (χ3v) is 8.02. The van der Waals surface area contributed by atoms with Crippen molar-refractivity contribution in [2.24, 2.45) is 0 Å². The Kier molecular flexibility index (Phi) is 7.48. The van der Waals surface area contributed by atoms with Crippen LogP contribution in [0, 0.1) is 13.8 Å². The highest BCUT2D eigenvalue weighted by atomic mass is 32.2. The molecule has 3 heterocycles. The number of amides is 1. The van der Waals surface area contributed by atoms with Gasteiger partial charge in [0.15, 0.2) is 5.16 Å². The Morgan fingerprint density at radius 2 is 1.88 bits per heavy atom. The lowest BCUT2D eigenvalue weighted by Gasteiger charge is -2.24. The van der Waals surface area contributed by atoms with E-state index in [1.807, 2.05) is 81.1 Å². The van der Waals surface area contributed by atoms with Crippen LogP contribution in [0.4, 0.5) is 0 Å². The molecule has 1 aromatic carbocycles.